The first-order chi connectivity index (χ1) is 12.2. The van der Waals surface area contributed by atoms with Crippen molar-refractivity contribution in [1.82, 2.24) is 19.7 Å². The Morgan fingerprint density at radius 3 is 2.76 bits per heavy atom. The van der Waals surface area contributed by atoms with Crippen LogP contribution in [0.1, 0.15) is 6.42 Å². The second-order valence-corrected chi connectivity index (χ2v) is 6.89. The third-order valence-electron chi connectivity index (χ3n) is 5.37. The highest BCUT2D eigenvalue weighted by atomic mass is 16.2. The number of para-hydroxylation sites is 1. The summed E-state index contributed by atoms with van der Waals surface area (Å²) in [6.07, 6.45) is 2.78. The molecule has 6 nitrogen and oxygen atoms in total. The fourth-order valence-corrected chi connectivity index (χ4v) is 3.96. The standard InChI is InChI=1S/C19H24N4O2/c24-18-6-10-22(17-4-2-1-3-16(17)18)14-19(25)23-9-5-15(13-23)21-11-7-20-8-12-21/h1-4,6,10,15,20H,5,7-9,11-14H2. The van der Waals surface area contributed by atoms with Crippen molar-refractivity contribution in [3.05, 3.63) is 46.8 Å². The third kappa shape index (κ3) is 3.32. The van der Waals surface area contributed by atoms with Crippen LogP contribution in [-0.4, -0.2) is 65.6 Å². The molecule has 0 saturated carbocycles. The molecule has 132 valence electrons. The first kappa shape index (κ1) is 16.3. The number of carbonyl (C=O) groups excluding carboxylic acids is 1. The number of pyridine rings is 1. The van der Waals surface area contributed by atoms with Gasteiger partial charge < -0.3 is 14.8 Å². The fraction of sp³-hybridized carbons (Fsp3) is 0.474. The maximum atomic E-state index is 12.8. The molecule has 6 heteroatoms. The Hall–Kier alpha value is -2.18. The third-order valence-corrected chi connectivity index (χ3v) is 5.37. The predicted octanol–water partition coefficient (Wildman–Crippen LogP) is 0.508. The molecule has 1 unspecified atom stereocenters. The first-order valence-electron chi connectivity index (χ1n) is 9.03. The van der Waals surface area contributed by atoms with E-state index in [4.69, 9.17) is 0 Å². The zero-order chi connectivity index (χ0) is 17.2. The van der Waals surface area contributed by atoms with Gasteiger partial charge in [-0.25, -0.2) is 0 Å². The molecule has 2 aromatic rings. The number of aromatic nitrogens is 1. The first-order valence-corrected chi connectivity index (χ1v) is 9.03. The van der Waals surface area contributed by atoms with E-state index in [1.165, 1.54) is 0 Å². The Kier molecular flexibility index (Phi) is 4.55. The van der Waals surface area contributed by atoms with Crippen LogP contribution in [0.3, 0.4) is 0 Å². The van der Waals surface area contributed by atoms with Gasteiger partial charge in [0.2, 0.25) is 5.91 Å². The minimum atomic E-state index is -0.000700. The largest absolute Gasteiger partial charge is 0.340 e. The lowest BCUT2D eigenvalue weighted by Gasteiger charge is -2.32. The zero-order valence-electron chi connectivity index (χ0n) is 14.4. The van der Waals surface area contributed by atoms with E-state index < -0.39 is 0 Å². The molecule has 0 bridgehead atoms. The van der Waals surface area contributed by atoms with Gasteiger partial charge in [-0.05, 0) is 18.6 Å². The molecule has 1 aromatic heterocycles. The fourth-order valence-electron chi connectivity index (χ4n) is 3.96. The number of benzene rings is 1. The van der Waals surface area contributed by atoms with Crippen LogP contribution in [0.5, 0.6) is 0 Å². The molecule has 2 aliphatic heterocycles. The Morgan fingerprint density at radius 2 is 1.92 bits per heavy atom. The minimum absolute atomic E-state index is 0.000700. The summed E-state index contributed by atoms with van der Waals surface area (Å²) in [6.45, 7) is 6.13. The van der Waals surface area contributed by atoms with Crippen LogP contribution in [0, 0.1) is 0 Å². The molecular weight excluding hydrogens is 316 g/mol. The van der Waals surface area contributed by atoms with Crippen LogP contribution in [0.15, 0.2) is 41.3 Å². The summed E-state index contributed by atoms with van der Waals surface area (Å²) in [7, 11) is 0. The summed E-state index contributed by atoms with van der Waals surface area (Å²) in [6, 6.07) is 9.50. The Morgan fingerprint density at radius 1 is 1.12 bits per heavy atom. The van der Waals surface area contributed by atoms with E-state index in [0.717, 1.165) is 51.2 Å². The number of carbonyl (C=O) groups is 1. The van der Waals surface area contributed by atoms with Crippen LogP contribution in [-0.2, 0) is 11.3 Å². The predicted molar refractivity (Wildman–Crippen MR) is 97.6 cm³/mol. The van der Waals surface area contributed by atoms with Gasteiger partial charge in [-0.1, -0.05) is 12.1 Å². The zero-order valence-corrected chi connectivity index (χ0v) is 14.4. The molecule has 2 saturated heterocycles. The van der Waals surface area contributed by atoms with E-state index in [1.807, 2.05) is 33.7 Å². The van der Waals surface area contributed by atoms with Gasteiger partial charge in [0.25, 0.3) is 0 Å². The quantitative estimate of drug-likeness (QED) is 0.884. The van der Waals surface area contributed by atoms with E-state index in [9.17, 15) is 9.59 Å². The van der Waals surface area contributed by atoms with Crippen molar-refractivity contribution >= 4 is 16.8 Å². The molecule has 2 fully saturated rings. The molecule has 2 aliphatic rings. The molecular formula is C19H24N4O2. The van der Waals surface area contributed by atoms with Crippen molar-refractivity contribution in [3.63, 3.8) is 0 Å². The number of rotatable bonds is 3. The van der Waals surface area contributed by atoms with Crippen LogP contribution in [0.25, 0.3) is 10.9 Å². The summed E-state index contributed by atoms with van der Waals surface area (Å²) < 4.78 is 1.89. The summed E-state index contributed by atoms with van der Waals surface area (Å²) in [4.78, 5) is 29.2. The van der Waals surface area contributed by atoms with Crippen molar-refractivity contribution in [2.45, 2.75) is 19.0 Å². The second kappa shape index (κ2) is 6.98. The Labute approximate surface area is 147 Å². The SMILES string of the molecule is O=C(Cn1ccc(=O)c2ccccc21)N1CCC(N2CCNCC2)C1. The lowest BCUT2D eigenvalue weighted by Crippen LogP contribution is -2.49. The van der Waals surface area contributed by atoms with Gasteiger partial charge >= 0.3 is 0 Å². The summed E-state index contributed by atoms with van der Waals surface area (Å²) in [5.74, 6) is 0.131. The van der Waals surface area contributed by atoms with Crippen molar-refractivity contribution in [2.75, 3.05) is 39.3 Å². The molecule has 1 aromatic carbocycles. The summed E-state index contributed by atoms with van der Waals surface area (Å²) >= 11 is 0. The summed E-state index contributed by atoms with van der Waals surface area (Å²) in [5, 5.41) is 4.04. The van der Waals surface area contributed by atoms with Crippen LogP contribution in [0.2, 0.25) is 0 Å². The lowest BCUT2D eigenvalue weighted by molar-refractivity contribution is -0.130. The summed E-state index contributed by atoms with van der Waals surface area (Å²) in [5.41, 5.74) is 0.820. The second-order valence-electron chi connectivity index (χ2n) is 6.89. The van der Waals surface area contributed by atoms with Gasteiger partial charge in [0.1, 0.15) is 6.54 Å². The molecule has 4 rings (SSSR count). The number of amides is 1. The molecule has 0 spiro atoms. The van der Waals surface area contributed by atoms with Gasteiger partial charge in [0, 0.05) is 63.0 Å². The number of nitrogens with one attached hydrogen (secondary N) is 1. The molecule has 25 heavy (non-hydrogen) atoms. The van der Waals surface area contributed by atoms with Crippen molar-refractivity contribution in [1.29, 1.82) is 0 Å². The van der Waals surface area contributed by atoms with Gasteiger partial charge in [-0.15, -0.1) is 0 Å². The van der Waals surface area contributed by atoms with Crippen molar-refractivity contribution in [2.24, 2.45) is 0 Å². The van der Waals surface area contributed by atoms with Crippen LogP contribution in [0.4, 0.5) is 0 Å². The van der Waals surface area contributed by atoms with Gasteiger partial charge in [0.05, 0.1) is 5.52 Å². The minimum Gasteiger partial charge on any atom is -0.340 e. The molecule has 1 atom stereocenters. The Balaban J connectivity index is 1.46. The number of likely N-dealkylation sites (tertiary alicyclic amines) is 1. The molecule has 1 N–H and O–H groups in total. The van der Waals surface area contributed by atoms with Crippen LogP contribution >= 0.6 is 0 Å². The highest BCUT2D eigenvalue weighted by Gasteiger charge is 2.30. The van der Waals surface area contributed by atoms with Gasteiger partial charge in [-0.3, -0.25) is 14.5 Å². The number of nitrogens with zero attached hydrogens (tertiary/aromatic N) is 3. The highest BCUT2D eigenvalue weighted by Crippen LogP contribution is 2.17. The van der Waals surface area contributed by atoms with Crippen molar-refractivity contribution < 1.29 is 4.79 Å². The van der Waals surface area contributed by atoms with Crippen molar-refractivity contribution in [3.8, 4) is 0 Å². The van der Waals surface area contributed by atoms with Gasteiger partial charge in [0.15, 0.2) is 5.43 Å². The Bertz CT molecular complexity index is 826. The smallest absolute Gasteiger partial charge is 0.242 e. The lowest BCUT2D eigenvalue weighted by atomic mass is 10.2. The molecule has 0 radical (unpaired) electrons. The normalized spacial score (nSPS) is 21.8. The van der Waals surface area contributed by atoms with Crippen LogP contribution < -0.4 is 10.7 Å². The van der Waals surface area contributed by atoms with E-state index in [-0.39, 0.29) is 17.9 Å². The number of piperazine rings is 1. The molecule has 3 heterocycles. The van der Waals surface area contributed by atoms with E-state index in [2.05, 4.69) is 10.2 Å². The number of hydrogen-bond donors (Lipinski definition) is 1. The maximum Gasteiger partial charge on any atom is 0.242 e. The highest BCUT2D eigenvalue weighted by molar-refractivity contribution is 5.82. The van der Waals surface area contributed by atoms with Gasteiger partial charge in [-0.2, -0.15) is 0 Å². The average Bonchev–Trinajstić information content (AvgIpc) is 3.15. The number of hydrogen-bond acceptors (Lipinski definition) is 4. The molecule has 1 amide bonds. The number of fused-ring (bicyclic) bond motifs is 1. The van der Waals surface area contributed by atoms with E-state index in [0.29, 0.717) is 11.4 Å². The topological polar surface area (TPSA) is 57.6 Å². The average molecular weight is 340 g/mol. The van der Waals surface area contributed by atoms with E-state index >= 15 is 0 Å². The molecule has 0 aliphatic carbocycles. The maximum absolute atomic E-state index is 12.8. The van der Waals surface area contributed by atoms with E-state index in [1.54, 1.807) is 12.3 Å². The monoisotopic (exact) mass is 340 g/mol.